The summed E-state index contributed by atoms with van der Waals surface area (Å²) < 4.78 is 7.17. The number of benzene rings is 1. The molecular formula is C24H34N6O2S. The number of hydrogen-bond acceptors (Lipinski definition) is 7. The number of likely N-dealkylation sites (N-methyl/N-ethyl adjacent to an activating group) is 1. The van der Waals surface area contributed by atoms with E-state index in [-0.39, 0.29) is 11.9 Å². The van der Waals surface area contributed by atoms with E-state index in [2.05, 4.69) is 45.2 Å². The van der Waals surface area contributed by atoms with Gasteiger partial charge in [0.15, 0.2) is 0 Å². The van der Waals surface area contributed by atoms with E-state index in [1.807, 2.05) is 38.3 Å². The number of nitrogens with zero attached hydrogens (tertiary/aromatic N) is 5. The maximum absolute atomic E-state index is 12.8. The summed E-state index contributed by atoms with van der Waals surface area (Å²) in [6.07, 6.45) is 2.94. The van der Waals surface area contributed by atoms with E-state index in [4.69, 9.17) is 4.74 Å². The topological polar surface area (TPSA) is 84.7 Å². The Balaban J connectivity index is 1.69. The van der Waals surface area contributed by atoms with Gasteiger partial charge in [-0.15, -0.1) is 5.10 Å². The van der Waals surface area contributed by atoms with Gasteiger partial charge in [-0.25, -0.2) is 9.50 Å². The summed E-state index contributed by atoms with van der Waals surface area (Å²) in [4.78, 5) is 24.1. The molecule has 0 bridgehead atoms. The van der Waals surface area contributed by atoms with Crippen molar-refractivity contribution in [1.29, 1.82) is 0 Å². The van der Waals surface area contributed by atoms with E-state index in [9.17, 15) is 4.79 Å². The number of aromatic nitrogens is 4. The lowest BCUT2D eigenvalue weighted by molar-refractivity contribution is -0.121. The average molecular weight is 471 g/mol. The molecule has 0 saturated carbocycles. The van der Waals surface area contributed by atoms with Crippen LogP contribution in [0.5, 0.6) is 5.75 Å². The molecule has 0 aliphatic heterocycles. The van der Waals surface area contributed by atoms with Gasteiger partial charge < -0.3 is 10.1 Å². The Hall–Kier alpha value is -2.65. The van der Waals surface area contributed by atoms with Gasteiger partial charge >= 0.3 is 0 Å². The van der Waals surface area contributed by atoms with E-state index in [1.165, 1.54) is 11.8 Å². The van der Waals surface area contributed by atoms with Crippen LogP contribution in [-0.2, 0) is 11.2 Å². The first-order valence-electron chi connectivity index (χ1n) is 11.3. The maximum atomic E-state index is 12.8. The molecule has 1 amide bonds. The number of amides is 1. The largest absolute Gasteiger partial charge is 0.497 e. The van der Waals surface area contributed by atoms with Crippen LogP contribution in [-0.4, -0.2) is 63.4 Å². The highest BCUT2D eigenvalue weighted by molar-refractivity contribution is 7.98. The first-order valence-corrected chi connectivity index (χ1v) is 12.6. The van der Waals surface area contributed by atoms with Crippen LogP contribution in [0.3, 0.4) is 0 Å². The van der Waals surface area contributed by atoms with Crippen molar-refractivity contribution >= 4 is 23.4 Å². The molecule has 178 valence electrons. The second-order valence-electron chi connectivity index (χ2n) is 7.89. The van der Waals surface area contributed by atoms with Crippen LogP contribution in [0.15, 0.2) is 29.4 Å². The van der Waals surface area contributed by atoms with Gasteiger partial charge in [0, 0.05) is 24.4 Å². The molecule has 1 atom stereocenters. The number of hydrogen-bond donors (Lipinski definition) is 1. The molecule has 1 unspecified atom stereocenters. The number of rotatable bonds is 11. The first-order chi connectivity index (χ1) is 15.9. The predicted molar refractivity (Wildman–Crippen MR) is 132 cm³/mol. The highest BCUT2D eigenvalue weighted by Gasteiger charge is 2.20. The molecule has 9 heteroatoms. The van der Waals surface area contributed by atoms with Crippen LogP contribution >= 0.6 is 11.8 Å². The summed E-state index contributed by atoms with van der Waals surface area (Å²) in [6, 6.07) is 8.15. The quantitative estimate of drug-likeness (QED) is 0.429. The zero-order valence-electron chi connectivity index (χ0n) is 20.4. The lowest BCUT2D eigenvalue weighted by Crippen LogP contribution is -2.38. The number of aryl methyl sites for hydroxylation is 2. The number of carbonyl (C=O) groups is 1. The molecule has 0 radical (unpaired) electrons. The molecule has 3 aromatic rings. The van der Waals surface area contributed by atoms with Gasteiger partial charge in [0.25, 0.3) is 5.78 Å². The number of fused-ring (bicyclic) bond motifs is 1. The molecule has 2 aromatic heterocycles. The molecule has 33 heavy (non-hydrogen) atoms. The van der Waals surface area contributed by atoms with Crippen LogP contribution in [0.25, 0.3) is 5.78 Å². The van der Waals surface area contributed by atoms with Crippen molar-refractivity contribution in [1.82, 2.24) is 29.8 Å². The molecule has 0 aliphatic rings. The number of ether oxygens (including phenoxy) is 1. The Morgan fingerprint density at radius 3 is 2.67 bits per heavy atom. The fourth-order valence-corrected chi connectivity index (χ4v) is 4.48. The molecule has 1 aromatic carbocycles. The smallest absolute Gasteiger partial charge is 0.253 e. The summed E-state index contributed by atoms with van der Waals surface area (Å²) in [6.45, 7) is 10.6. The highest BCUT2D eigenvalue weighted by atomic mass is 32.2. The zero-order valence-corrected chi connectivity index (χ0v) is 21.2. The van der Waals surface area contributed by atoms with Crippen LogP contribution in [0, 0.1) is 13.8 Å². The summed E-state index contributed by atoms with van der Waals surface area (Å²) >= 11 is 1.49. The van der Waals surface area contributed by atoms with Gasteiger partial charge in [0.2, 0.25) is 11.1 Å². The van der Waals surface area contributed by atoms with Gasteiger partial charge in [0.1, 0.15) is 5.75 Å². The second-order valence-corrected chi connectivity index (χ2v) is 8.66. The number of carbonyl (C=O) groups excluding carboxylic acids is 1. The van der Waals surface area contributed by atoms with Crippen LogP contribution < -0.4 is 10.1 Å². The maximum Gasteiger partial charge on any atom is 0.253 e. The number of methoxy groups -OCH3 is 1. The lowest BCUT2D eigenvalue weighted by atomic mass is 10.0. The fraction of sp³-hybridized carbons (Fsp3) is 0.500. The van der Waals surface area contributed by atoms with E-state index in [0.29, 0.717) is 30.3 Å². The van der Waals surface area contributed by atoms with E-state index in [1.54, 1.807) is 11.6 Å². The second kappa shape index (κ2) is 11.5. The first kappa shape index (κ1) is 25.0. The third-order valence-corrected chi connectivity index (χ3v) is 6.58. The third kappa shape index (κ3) is 5.83. The number of thioether (sulfide) groups is 1. The molecule has 0 fully saturated rings. The van der Waals surface area contributed by atoms with Crippen LogP contribution in [0.4, 0.5) is 0 Å². The molecule has 1 N–H and O–H groups in total. The van der Waals surface area contributed by atoms with Crippen molar-refractivity contribution in [3.63, 3.8) is 0 Å². The normalized spacial score (nSPS) is 12.3. The minimum Gasteiger partial charge on any atom is -0.497 e. The molecule has 0 saturated heterocycles. The minimum absolute atomic E-state index is 0.0253. The van der Waals surface area contributed by atoms with E-state index in [0.717, 1.165) is 41.4 Å². The van der Waals surface area contributed by atoms with Gasteiger partial charge in [0.05, 0.1) is 13.2 Å². The van der Waals surface area contributed by atoms with Gasteiger partial charge in [-0.3, -0.25) is 9.69 Å². The summed E-state index contributed by atoms with van der Waals surface area (Å²) in [5.41, 5.74) is 4.06. The molecular weight excluding hydrogens is 436 g/mol. The standard InChI is InChI=1S/C24H34N6O2S/c1-7-29(8-2)21(18-10-9-11-19(14-18)32-5)15-25-22(31)13-12-20-16(3)26-23-27-24(33-6)28-30(23)17(20)4/h9-11,14,21H,7-8,12-13,15H2,1-6H3,(H,25,31). The van der Waals surface area contributed by atoms with Gasteiger partial charge in [-0.1, -0.05) is 37.7 Å². The SMILES string of the molecule is CCN(CC)C(CNC(=O)CCc1c(C)nc2nc(SC)nn2c1C)c1cccc(OC)c1. The Bertz CT molecular complexity index is 1100. The Morgan fingerprint density at radius 2 is 2.00 bits per heavy atom. The van der Waals surface area contributed by atoms with Crippen molar-refractivity contribution in [2.75, 3.05) is 33.0 Å². The van der Waals surface area contributed by atoms with Crippen LogP contribution in [0.1, 0.15) is 48.8 Å². The Morgan fingerprint density at radius 1 is 1.24 bits per heavy atom. The molecule has 3 rings (SSSR count). The Kier molecular flexibility index (Phi) is 8.68. The zero-order chi connectivity index (χ0) is 24.0. The lowest BCUT2D eigenvalue weighted by Gasteiger charge is -2.30. The van der Waals surface area contributed by atoms with Crippen molar-refractivity contribution < 1.29 is 9.53 Å². The fourth-order valence-electron chi connectivity index (χ4n) is 4.15. The molecule has 8 nitrogen and oxygen atoms in total. The summed E-state index contributed by atoms with van der Waals surface area (Å²) in [5.74, 6) is 1.45. The molecule has 2 heterocycles. The van der Waals surface area contributed by atoms with Gasteiger partial charge in [-0.2, -0.15) is 4.98 Å². The summed E-state index contributed by atoms with van der Waals surface area (Å²) in [7, 11) is 1.67. The third-order valence-electron chi connectivity index (χ3n) is 6.04. The molecule has 0 aliphatic carbocycles. The van der Waals surface area contributed by atoms with Crippen molar-refractivity contribution in [3.05, 3.63) is 46.8 Å². The van der Waals surface area contributed by atoms with Crippen LogP contribution in [0.2, 0.25) is 0 Å². The average Bonchev–Trinajstić information content (AvgIpc) is 3.25. The van der Waals surface area contributed by atoms with Crippen molar-refractivity contribution in [3.8, 4) is 5.75 Å². The minimum atomic E-state index is 0.0253. The van der Waals surface area contributed by atoms with E-state index >= 15 is 0 Å². The van der Waals surface area contributed by atoms with E-state index < -0.39 is 0 Å². The molecule has 0 spiro atoms. The predicted octanol–water partition coefficient (Wildman–Crippen LogP) is 3.60. The number of nitrogens with one attached hydrogen (secondary N) is 1. The van der Waals surface area contributed by atoms with Gasteiger partial charge in [-0.05, 0) is 62.9 Å². The summed E-state index contributed by atoms with van der Waals surface area (Å²) in [5, 5.41) is 8.34. The Labute approximate surface area is 200 Å². The van der Waals surface area contributed by atoms with Crippen molar-refractivity contribution in [2.24, 2.45) is 0 Å². The van der Waals surface area contributed by atoms with Crippen molar-refractivity contribution in [2.45, 2.75) is 51.7 Å². The monoisotopic (exact) mass is 470 g/mol. The highest BCUT2D eigenvalue weighted by Crippen LogP contribution is 2.24.